The third-order valence-electron chi connectivity index (χ3n) is 4.99. The van der Waals surface area contributed by atoms with Gasteiger partial charge in [0.1, 0.15) is 4.90 Å². The van der Waals surface area contributed by atoms with Crippen molar-refractivity contribution in [1.82, 2.24) is 19.6 Å². The van der Waals surface area contributed by atoms with Crippen LogP contribution in [0.4, 0.5) is 27.8 Å². The molecule has 0 amide bonds. The highest BCUT2D eigenvalue weighted by Gasteiger charge is 2.28. The molecule has 0 spiro atoms. The Hall–Kier alpha value is -3.74. The predicted octanol–water partition coefficient (Wildman–Crippen LogP) is 4.23. The van der Waals surface area contributed by atoms with Crippen LogP contribution >= 0.6 is 0 Å². The molecule has 2 aromatic carbocycles. The average molecular weight is 497 g/mol. The van der Waals surface area contributed by atoms with Gasteiger partial charge in [0, 0.05) is 12.3 Å². The van der Waals surface area contributed by atoms with Gasteiger partial charge in [-0.05, 0) is 26.0 Å². The van der Waals surface area contributed by atoms with Gasteiger partial charge in [0.15, 0.2) is 29.1 Å². The Morgan fingerprint density at radius 2 is 1.44 bits per heavy atom. The van der Waals surface area contributed by atoms with E-state index in [1.54, 1.807) is 37.3 Å². The van der Waals surface area contributed by atoms with E-state index < -0.39 is 51.2 Å². The van der Waals surface area contributed by atoms with Gasteiger partial charge in [0.05, 0.1) is 29.2 Å². The summed E-state index contributed by atoms with van der Waals surface area (Å²) in [5.41, 5.74) is 0.0908. The SMILES string of the molecule is Cc1nn(-c2ccccc2)c(C)c1S(=O)(=O)Nc1ccn(Cc2c(F)c(F)c(F)c(F)c2F)n1. The van der Waals surface area contributed by atoms with Crippen molar-refractivity contribution in [3.8, 4) is 5.69 Å². The zero-order chi connectivity index (χ0) is 24.8. The van der Waals surface area contributed by atoms with Crippen molar-refractivity contribution in [3.05, 3.63) is 88.6 Å². The summed E-state index contributed by atoms with van der Waals surface area (Å²) < 4.78 is 98.5. The molecule has 0 aliphatic heterocycles. The van der Waals surface area contributed by atoms with Crippen molar-refractivity contribution in [3.63, 3.8) is 0 Å². The number of rotatable bonds is 6. The molecule has 178 valence electrons. The monoisotopic (exact) mass is 497 g/mol. The van der Waals surface area contributed by atoms with E-state index in [-0.39, 0.29) is 16.4 Å². The first kappa shape index (κ1) is 23.4. The second kappa shape index (κ2) is 8.56. The zero-order valence-electron chi connectivity index (χ0n) is 17.7. The van der Waals surface area contributed by atoms with E-state index in [0.29, 0.717) is 11.4 Å². The van der Waals surface area contributed by atoms with Crippen LogP contribution in [0.2, 0.25) is 0 Å². The van der Waals surface area contributed by atoms with Gasteiger partial charge in [-0.15, -0.1) is 0 Å². The lowest BCUT2D eigenvalue weighted by atomic mass is 10.1. The van der Waals surface area contributed by atoms with Crippen molar-refractivity contribution in [2.24, 2.45) is 0 Å². The molecule has 4 aromatic rings. The van der Waals surface area contributed by atoms with Gasteiger partial charge in [-0.1, -0.05) is 18.2 Å². The van der Waals surface area contributed by atoms with Crippen LogP contribution < -0.4 is 4.72 Å². The maximum Gasteiger partial charge on any atom is 0.266 e. The molecule has 0 atom stereocenters. The first-order chi connectivity index (χ1) is 16.0. The van der Waals surface area contributed by atoms with Crippen LogP contribution in [0.15, 0.2) is 47.5 Å². The minimum atomic E-state index is -4.18. The number of sulfonamides is 1. The fraction of sp³-hybridized carbons (Fsp3) is 0.143. The number of halogens is 5. The molecule has 4 rings (SSSR count). The quantitative estimate of drug-likeness (QED) is 0.246. The number of hydrogen-bond acceptors (Lipinski definition) is 4. The predicted molar refractivity (Wildman–Crippen MR) is 111 cm³/mol. The summed E-state index contributed by atoms with van der Waals surface area (Å²) in [5, 5.41) is 8.11. The zero-order valence-corrected chi connectivity index (χ0v) is 18.5. The summed E-state index contributed by atoms with van der Waals surface area (Å²) in [6.45, 7) is 2.27. The molecule has 7 nitrogen and oxygen atoms in total. The highest BCUT2D eigenvalue weighted by atomic mass is 32.2. The molecule has 2 aromatic heterocycles. The van der Waals surface area contributed by atoms with Crippen LogP contribution in [0.3, 0.4) is 0 Å². The Labute approximate surface area is 190 Å². The van der Waals surface area contributed by atoms with E-state index >= 15 is 0 Å². The summed E-state index contributed by atoms with van der Waals surface area (Å²) in [5.74, 6) is -10.6. The van der Waals surface area contributed by atoms with Crippen LogP contribution in [0.5, 0.6) is 0 Å². The first-order valence-electron chi connectivity index (χ1n) is 9.69. The Morgan fingerprint density at radius 3 is 2.06 bits per heavy atom. The van der Waals surface area contributed by atoms with Crippen LogP contribution in [-0.4, -0.2) is 28.0 Å². The largest absolute Gasteiger partial charge is 0.266 e. The van der Waals surface area contributed by atoms with Crippen molar-refractivity contribution < 1.29 is 30.4 Å². The fourth-order valence-electron chi connectivity index (χ4n) is 3.48. The maximum absolute atomic E-state index is 13.9. The van der Waals surface area contributed by atoms with Crippen LogP contribution in [0.25, 0.3) is 5.69 Å². The van der Waals surface area contributed by atoms with E-state index in [2.05, 4.69) is 14.9 Å². The summed E-state index contributed by atoms with van der Waals surface area (Å²) in [4.78, 5) is -0.0920. The molecular formula is C21H16F5N5O2S. The fourth-order valence-corrected chi connectivity index (χ4v) is 4.87. The van der Waals surface area contributed by atoms with Gasteiger partial charge in [-0.3, -0.25) is 9.40 Å². The smallest absolute Gasteiger partial charge is 0.266 e. The minimum absolute atomic E-state index is 0.0920. The topological polar surface area (TPSA) is 81.8 Å². The first-order valence-corrected chi connectivity index (χ1v) is 11.2. The second-order valence-corrected chi connectivity index (χ2v) is 8.92. The number of hydrogen-bond donors (Lipinski definition) is 1. The van der Waals surface area contributed by atoms with Crippen molar-refractivity contribution in [2.75, 3.05) is 4.72 Å². The van der Waals surface area contributed by atoms with Gasteiger partial charge in [0.25, 0.3) is 10.0 Å². The van der Waals surface area contributed by atoms with Crippen LogP contribution in [0.1, 0.15) is 17.0 Å². The Bertz CT molecular complexity index is 1470. The normalized spacial score (nSPS) is 11.7. The molecular weight excluding hydrogens is 481 g/mol. The number of aromatic nitrogens is 4. The third kappa shape index (κ3) is 4.02. The Morgan fingerprint density at radius 1 is 0.853 bits per heavy atom. The molecule has 0 aliphatic rings. The molecule has 13 heteroatoms. The average Bonchev–Trinajstić information content (AvgIpc) is 3.37. The number of benzene rings is 2. The lowest BCUT2D eigenvalue weighted by Gasteiger charge is -2.09. The van der Waals surface area contributed by atoms with Gasteiger partial charge in [0.2, 0.25) is 5.82 Å². The van der Waals surface area contributed by atoms with Crippen LogP contribution in [-0.2, 0) is 16.6 Å². The van der Waals surface area contributed by atoms with E-state index in [9.17, 15) is 30.4 Å². The van der Waals surface area contributed by atoms with Gasteiger partial charge >= 0.3 is 0 Å². The highest BCUT2D eigenvalue weighted by Crippen LogP contribution is 2.26. The molecule has 2 heterocycles. The van der Waals surface area contributed by atoms with E-state index in [1.165, 1.54) is 17.7 Å². The standard InChI is InChI=1S/C21H16F5N5O2S/c1-11-21(12(2)31(27-11)13-6-4-3-5-7-13)34(32,33)29-15-8-9-30(28-15)10-14-16(22)18(24)20(26)19(25)17(14)23/h3-9H,10H2,1-2H3,(H,28,29). The third-order valence-corrected chi connectivity index (χ3v) is 6.60. The summed E-state index contributed by atoms with van der Waals surface area (Å²) in [6, 6.07) is 10.0. The maximum atomic E-state index is 13.9. The number of anilines is 1. The molecule has 0 saturated carbocycles. The van der Waals surface area contributed by atoms with E-state index in [0.717, 1.165) is 10.9 Å². The van der Waals surface area contributed by atoms with Crippen molar-refractivity contribution in [1.29, 1.82) is 0 Å². The lowest BCUT2D eigenvalue weighted by Crippen LogP contribution is -2.16. The molecule has 0 bridgehead atoms. The summed E-state index contributed by atoms with van der Waals surface area (Å²) >= 11 is 0. The van der Waals surface area contributed by atoms with Gasteiger partial charge < -0.3 is 0 Å². The Balaban J connectivity index is 1.62. The lowest BCUT2D eigenvalue weighted by molar-refractivity contribution is 0.367. The van der Waals surface area contributed by atoms with Gasteiger partial charge in [-0.2, -0.15) is 10.2 Å². The molecule has 0 radical (unpaired) electrons. The number of para-hydroxylation sites is 1. The molecule has 0 unspecified atom stereocenters. The molecule has 0 fully saturated rings. The number of aryl methyl sites for hydroxylation is 1. The highest BCUT2D eigenvalue weighted by molar-refractivity contribution is 7.92. The molecule has 34 heavy (non-hydrogen) atoms. The van der Waals surface area contributed by atoms with Crippen molar-refractivity contribution >= 4 is 15.8 Å². The van der Waals surface area contributed by atoms with E-state index in [1.807, 2.05) is 0 Å². The summed E-state index contributed by atoms with van der Waals surface area (Å²) in [7, 11) is -4.18. The molecule has 1 N–H and O–H groups in total. The van der Waals surface area contributed by atoms with Gasteiger partial charge in [-0.25, -0.2) is 35.1 Å². The Kier molecular flexibility index (Phi) is 5.89. The molecule has 0 aliphatic carbocycles. The van der Waals surface area contributed by atoms with E-state index in [4.69, 9.17) is 0 Å². The van der Waals surface area contributed by atoms with Crippen molar-refractivity contribution in [2.45, 2.75) is 25.3 Å². The second-order valence-electron chi connectivity index (χ2n) is 7.30. The number of nitrogens with one attached hydrogen (secondary N) is 1. The van der Waals surface area contributed by atoms with Crippen LogP contribution in [0, 0.1) is 42.9 Å². The number of nitrogens with zero attached hydrogens (tertiary/aromatic N) is 4. The molecule has 0 saturated heterocycles. The summed E-state index contributed by atoms with van der Waals surface area (Å²) in [6.07, 6.45) is 1.13. The minimum Gasteiger partial charge on any atom is -0.266 e.